The maximum Gasteiger partial charge on any atom is 0.266 e. The fraction of sp³-hybridized carbons (Fsp3) is 0.231. The van der Waals surface area contributed by atoms with Crippen LogP contribution in [0.3, 0.4) is 0 Å². The summed E-state index contributed by atoms with van der Waals surface area (Å²) in [4.78, 5) is 10.1. The number of hydrogen-bond acceptors (Lipinski definition) is 6. The standard InChI is InChI=1S/C13H16N4O4S/c1-3-5-14-13(22)16-15-8-9-6-10(17(19)20)12(18)11(7-9)21-4-2/h3,6-8,18H,1,4-5H2,2H3,(H2,14,16,22)/p-1/b15-8+. The molecule has 0 amide bonds. The van der Waals surface area contributed by atoms with Crippen LogP contribution in [0.15, 0.2) is 29.9 Å². The van der Waals surface area contributed by atoms with Crippen molar-refractivity contribution in [2.45, 2.75) is 6.92 Å². The Balaban J connectivity index is 2.92. The topological polar surface area (TPSA) is 112 Å². The molecule has 1 aromatic rings. The number of nitrogens with zero attached hydrogens (tertiary/aromatic N) is 2. The molecule has 22 heavy (non-hydrogen) atoms. The fourth-order valence-corrected chi connectivity index (χ4v) is 1.59. The highest BCUT2D eigenvalue weighted by Gasteiger charge is 2.13. The lowest BCUT2D eigenvalue weighted by Crippen LogP contribution is -2.31. The quantitative estimate of drug-likeness (QED) is 0.253. The molecule has 2 N–H and O–H groups in total. The van der Waals surface area contributed by atoms with Crippen molar-refractivity contribution in [2.24, 2.45) is 5.10 Å². The number of hydrazone groups is 1. The second-order valence-corrected chi connectivity index (χ2v) is 4.33. The van der Waals surface area contributed by atoms with Crippen LogP contribution in [0.5, 0.6) is 11.5 Å². The number of ether oxygens (including phenoxy) is 1. The first-order valence-corrected chi connectivity index (χ1v) is 6.70. The van der Waals surface area contributed by atoms with E-state index < -0.39 is 16.4 Å². The summed E-state index contributed by atoms with van der Waals surface area (Å²) in [5, 5.41) is 29.6. The van der Waals surface area contributed by atoms with Crippen molar-refractivity contribution in [2.75, 3.05) is 13.2 Å². The Morgan fingerprint density at radius 2 is 2.32 bits per heavy atom. The lowest BCUT2D eigenvalue weighted by molar-refractivity contribution is -0.398. The molecule has 0 heterocycles. The normalized spacial score (nSPS) is 10.2. The zero-order chi connectivity index (χ0) is 16.5. The van der Waals surface area contributed by atoms with Crippen LogP contribution < -0.4 is 20.6 Å². The van der Waals surface area contributed by atoms with Crippen LogP contribution >= 0.6 is 12.2 Å². The van der Waals surface area contributed by atoms with E-state index in [9.17, 15) is 15.2 Å². The summed E-state index contributed by atoms with van der Waals surface area (Å²) in [6.45, 7) is 5.91. The van der Waals surface area contributed by atoms with Crippen molar-refractivity contribution < 1.29 is 14.8 Å². The van der Waals surface area contributed by atoms with Crippen LogP contribution in [0, 0.1) is 10.1 Å². The summed E-state index contributed by atoms with van der Waals surface area (Å²) in [6.07, 6.45) is 2.93. The summed E-state index contributed by atoms with van der Waals surface area (Å²) < 4.78 is 5.10. The molecule has 0 atom stereocenters. The highest BCUT2D eigenvalue weighted by Crippen LogP contribution is 2.34. The molecule has 0 saturated carbocycles. The lowest BCUT2D eigenvalue weighted by atomic mass is 10.2. The van der Waals surface area contributed by atoms with Crippen LogP contribution in [0.4, 0.5) is 5.69 Å². The summed E-state index contributed by atoms with van der Waals surface area (Å²) in [5.41, 5.74) is 2.31. The van der Waals surface area contributed by atoms with Crippen LogP contribution in [0.2, 0.25) is 0 Å². The van der Waals surface area contributed by atoms with E-state index in [0.717, 1.165) is 6.07 Å². The molecule has 0 fully saturated rings. The van der Waals surface area contributed by atoms with Gasteiger partial charge in [0.2, 0.25) is 0 Å². The maximum atomic E-state index is 11.8. The second kappa shape index (κ2) is 8.57. The van der Waals surface area contributed by atoms with E-state index in [2.05, 4.69) is 22.4 Å². The molecule has 0 spiro atoms. The van der Waals surface area contributed by atoms with E-state index in [1.54, 1.807) is 13.0 Å². The highest BCUT2D eigenvalue weighted by atomic mass is 32.1. The van der Waals surface area contributed by atoms with E-state index >= 15 is 0 Å². The molecule has 118 valence electrons. The highest BCUT2D eigenvalue weighted by molar-refractivity contribution is 7.80. The molecule has 1 rings (SSSR count). The largest absolute Gasteiger partial charge is 0.865 e. The number of benzene rings is 1. The van der Waals surface area contributed by atoms with Gasteiger partial charge >= 0.3 is 0 Å². The van der Waals surface area contributed by atoms with Gasteiger partial charge in [-0.1, -0.05) is 6.08 Å². The summed E-state index contributed by atoms with van der Waals surface area (Å²) in [7, 11) is 0. The Kier molecular flexibility index (Phi) is 6.77. The molecule has 0 aromatic heterocycles. The van der Waals surface area contributed by atoms with Crippen molar-refractivity contribution in [1.82, 2.24) is 10.7 Å². The van der Waals surface area contributed by atoms with Gasteiger partial charge in [-0.15, -0.1) is 6.58 Å². The van der Waals surface area contributed by atoms with Crippen molar-refractivity contribution >= 4 is 29.2 Å². The van der Waals surface area contributed by atoms with E-state index in [4.69, 9.17) is 17.0 Å². The second-order valence-electron chi connectivity index (χ2n) is 3.93. The minimum atomic E-state index is -0.764. The predicted octanol–water partition coefficient (Wildman–Crippen LogP) is 1.05. The monoisotopic (exact) mass is 323 g/mol. The molecule has 8 nitrogen and oxygen atoms in total. The van der Waals surface area contributed by atoms with Gasteiger partial charge in [0.05, 0.1) is 17.7 Å². The number of thiocarbonyl (C=S) groups is 1. The third-order valence-electron chi connectivity index (χ3n) is 2.34. The Morgan fingerprint density at radius 3 is 2.91 bits per heavy atom. The molecule has 0 unspecified atom stereocenters. The zero-order valence-corrected chi connectivity index (χ0v) is 12.7. The van der Waals surface area contributed by atoms with Gasteiger partial charge in [0.25, 0.3) is 5.69 Å². The number of nitro groups is 1. The number of hydrogen-bond donors (Lipinski definition) is 2. The lowest BCUT2D eigenvalue weighted by Gasteiger charge is -2.14. The van der Waals surface area contributed by atoms with Gasteiger partial charge in [0.15, 0.2) is 5.11 Å². The SMILES string of the molecule is C=CCNC(=S)N/N=C/c1cc(OCC)c([O-])c([N+](=O)[O-])c1. The Morgan fingerprint density at radius 1 is 1.59 bits per heavy atom. The van der Waals surface area contributed by atoms with Crippen molar-refractivity contribution in [3.8, 4) is 11.5 Å². The van der Waals surface area contributed by atoms with Crippen molar-refractivity contribution in [1.29, 1.82) is 0 Å². The minimum absolute atomic E-state index is 0.0921. The van der Waals surface area contributed by atoms with Gasteiger partial charge in [0, 0.05) is 23.9 Å². The van der Waals surface area contributed by atoms with Gasteiger partial charge in [-0.2, -0.15) is 5.10 Å². The number of nitro benzene ring substituents is 1. The summed E-state index contributed by atoms with van der Waals surface area (Å²) in [5.74, 6) is -0.856. The Hall–Kier alpha value is -2.68. The third kappa shape index (κ3) is 5.02. The zero-order valence-electron chi connectivity index (χ0n) is 11.9. The van der Waals surface area contributed by atoms with E-state index in [-0.39, 0.29) is 17.5 Å². The first kappa shape index (κ1) is 17.4. The minimum Gasteiger partial charge on any atom is -0.865 e. The average Bonchev–Trinajstić information content (AvgIpc) is 2.48. The van der Waals surface area contributed by atoms with Crippen LogP contribution in [-0.4, -0.2) is 29.4 Å². The predicted molar refractivity (Wildman–Crippen MR) is 85.2 cm³/mol. The summed E-state index contributed by atoms with van der Waals surface area (Å²) in [6, 6.07) is 2.50. The summed E-state index contributed by atoms with van der Waals surface area (Å²) >= 11 is 4.92. The van der Waals surface area contributed by atoms with E-state index in [0.29, 0.717) is 12.1 Å². The van der Waals surface area contributed by atoms with E-state index in [1.165, 1.54) is 12.3 Å². The van der Waals surface area contributed by atoms with Gasteiger partial charge in [-0.3, -0.25) is 15.5 Å². The maximum absolute atomic E-state index is 11.8. The Bertz CT molecular complexity index is 604. The first-order chi connectivity index (χ1) is 10.5. The molecule has 0 aliphatic rings. The first-order valence-electron chi connectivity index (χ1n) is 6.29. The van der Waals surface area contributed by atoms with Crippen LogP contribution in [0.25, 0.3) is 0 Å². The van der Waals surface area contributed by atoms with E-state index in [1.807, 2.05) is 0 Å². The molecular weight excluding hydrogens is 308 g/mol. The number of rotatable bonds is 7. The van der Waals surface area contributed by atoms with Gasteiger partial charge in [-0.25, -0.2) is 0 Å². The molecule has 9 heteroatoms. The van der Waals surface area contributed by atoms with Gasteiger partial charge in [0.1, 0.15) is 5.75 Å². The number of nitrogens with one attached hydrogen (secondary N) is 2. The van der Waals surface area contributed by atoms with Gasteiger partial charge in [-0.05, 0) is 25.2 Å². The molecule has 0 radical (unpaired) electrons. The Labute approximate surface area is 132 Å². The average molecular weight is 323 g/mol. The van der Waals surface area contributed by atoms with Crippen LogP contribution in [-0.2, 0) is 0 Å². The molecule has 0 bridgehead atoms. The van der Waals surface area contributed by atoms with Gasteiger partial charge < -0.3 is 15.2 Å². The fourth-order valence-electron chi connectivity index (χ4n) is 1.45. The molecule has 0 aliphatic carbocycles. The molecule has 0 aliphatic heterocycles. The smallest absolute Gasteiger partial charge is 0.266 e. The van der Waals surface area contributed by atoms with Crippen LogP contribution in [0.1, 0.15) is 12.5 Å². The molecule has 1 aromatic carbocycles. The third-order valence-corrected chi connectivity index (χ3v) is 2.58. The molecule has 0 saturated heterocycles. The van der Waals surface area contributed by atoms with Crippen molar-refractivity contribution in [3.63, 3.8) is 0 Å². The molecular formula is C13H15N4O4S-. The van der Waals surface area contributed by atoms with Crippen molar-refractivity contribution in [3.05, 3.63) is 40.5 Å².